The summed E-state index contributed by atoms with van der Waals surface area (Å²) in [4.78, 5) is 15.9. The Balaban J connectivity index is 2.03. The average molecular weight is 333 g/mol. The number of aromatic nitrogens is 1. The number of hydrogen-bond donors (Lipinski definition) is 2. The first-order valence-corrected chi connectivity index (χ1v) is 7.80. The molecule has 1 aromatic rings. The van der Waals surface area contributed by atoms with E-state index >= 15 is 0 Å². The van der Waals surface area contributed by atoms with Crippen LogP contribution in [0.3, 0.4) is 0 Å². The quantitative estimate of drug-likeness (QED) is 0.832. The van der Waals surface area contributed by atoms with Gasteiger partial charge in [-0.3, -0.25) is 4.79 Å². The number of carbonyl (C=O) groups excluding carboxylic acids is 1. The lowest BCUT2D eigenvalue weighted by molar-refractivity contribution is -0.0329. The van der Waals surface area contributed by atoms with E-state index in [1.807, 2.05) is 0 Å². The Morgan fingerprint density at radius 1 is 1.45 bits per heavy atom. The molecule has 1 amide bonds. The predicted molar refractivity (Wildman–Crippen MR) is 78.7 cm³/mol. The Hall–Kier alpha value is -1.28. The van der Waals surface area contributed by atoms with Crippen molar-refractivity contribution < 1.29 is 18.0 Å². The Labute approximate surface area is 131 Å². The van der Waals surface area contributed by atoms with Crippen LogP contribution in [0.2, 0.25) is 0 Å². The molecule has 0 aromatic carbocycles. The molecule has 2 heterocycles. The van der Waals surface area contributed by atoms with Crippen LogP contribution in [-0.4, -0.2) is 36.0 Å². The highest BCUT2D eigenvalue weighted by Gasteiger charge is 2.33. The van der Waals surface area contributed by atoms with Crippen molar-refractivity contribution in [2.75, 3.05) is 19.6 Å². The second-order valence-electron chi connectivity index (χ2n) is 5.65. The van der Waals surface area contributed by atoms with Crippen molar-refractivity contribution in [2.24, 2.45) is 5.41 Å². The molecule has 0 aliphatic carbocycles. The van der Waals surface area contributed by atoms with E-state index in [-0.39, 0.29) is 27.8 Å². The van der Waals surface area contributed by atoms with Crippen LogP contribution in [0.15, 0.2) is 23.4 Å². The highest BCUT2D eigenvalue weighted by molar-refractivity contribution is 8.00. The number of amides is 1. The van der Waals surface area contributed by atoms with Crippen LogP contribution in [-0.2, 0) is 0 Å². The molecule has 2 rings (SSSR count). The molecule has 0 spiro atoms. The van der Waals surface area contributed by atoms with Gasteiger partial charge in [-0.05, 0) is 43.5 Å². The Morgan fingerprint density at radius 2 is 2.14 bits per heavy atom. The van der Waals surface area contributed by atoms with Crippen molar-refractivity contribution in [3.8, 4) is 0 Å². The standard InChI is InChI=1S/C14H18F3N3OS/c1-13(4-7-18-8-5-13)9-20-11(21)10-3-2-6-19-12(10)22-14(15,16)17/h2-3,6,18H,4-5,7-9H2,1H3,(H,20,21). The fourth-order valence-electron chi connectivity index (χ4n) is 2.35. The Morgan fingerprint density at radius 3 is 2.77 bits per heavy atom. The van der Waals surface area contributed by atoms with E-state index in [0.29, 0.717) is 6.54 Å². The summed E-state index contributed by atoms with van der Waals surface area (Å²) in [7, 11) is 0. The van der Waals surface area contributed by atoms with Crippen molar-refractivity contribution >= 4 is 17.7 Å². The van der Waals surface area contributed by atoms with Gasteiger partial charge in [-0.25, -0.2) is 4.98 Å². The molecular weight excluding hydrogens is 315 g/mol. The molecule has 0 bridgehead atoms. The summed E-state index contributed by atoms with van der Waals surface area (Å²) in [6.45, 7) is 4.28. The van der Waals surface area contributed by atoms with E-state index in [1.165, 1.54) is 18.3 Å². The first kappa shape index (κ1) is 17.1. The number of nitrogens with zero attached hydrogens (tertiary/aromatic N) is 1. The molecule has 8 heteroatoms. The number of alkyl halides is 3. The van der Waals surface area contributed by atoms with Crippen LogP contribution in [0.4, 0.5) is 13.2 Å². The van der Waals surface area contributed by atoms with E-state index in [1.54, 1.807) is 0 Å². The molecule has 122 valence electrons. The number of carbonyl (C=O) groups is 1. The van der Waals surface area contributed by atoms with Crippen LogP contribution in [0.25, 0.3) is 0 Å². The minimum Gasteiger partial charge on any atom is -0.351 e. The maximum Gasteiger partial charge on any atom is 0.447 e. The highest BCUT2D eigenvalue weighted by atomic mass is 32.2. The highest BCUT2D eigenvalue weighted by Crippen LogP contribution is 2.37. The normalized spacial score (nSPS) is 18.0. The van der Waals surface area contributed by atoms with Crippen molar-refractivity contribution in [1.82, 2.24) is 15.6 Å². The lowest BCUT2D eigenvalue weighted by atomic mass is 9.81. The summed E-state index contributed by atoms with van der Waals surface area (Å²) < 4.78 is 37.5. The Kier molecular flexibility index (Phi) is 5.33. The van der Waals surface area contributed by atoms with Gasteiger partial charge >= 0.3 is 5.51 Å². The number of thioether (sulfide) groups is 1. The van der Waals surface area contributed by atoms with E-state index in [4.69, 9.17) is 0 Å². The van der Waals surface area contributed by atoms with Crippen LogP contribution in [0.1, 0.15) is 30.1 Å². The van der Waals surface area contributed by atoms with Gasteiger partial charge < -0.3 is 10.6 Å². The van der Waals surface area contributed by atoms with Gasteiger partial charge in [0.1, 0.15) is 5.03 Å². The second kappa shape index (κ2) is 6.87. The third-order valence-corrected chi connectivity index (χ3v) is 4.46. The van der Waals surface area contributed by atoms with Gasteiger partial charge in [0, 0.05) is 24.5 Å². The first-order valence-electron chi connectivity index (χ1n) is 6.99. The zero-order chi connectivity index (χ0) is 16.2. The second-order valence-corrected chi connectivity index (χ2v) is 6.70. The third-order valence-electron chi connectivity index (χ3n) is 3.71. The number of pyridine rings is 1. The number of piperidine rings is 1. The van der Waals surface area contributed by atoms with Gasteiger partial charge in [-0.15, -0.1) is 0 Å². The topological polar surface area (TPSA) is 54.0 Å². The van der Waals surface area contributed by atoms with Crippen molar-refractivity contribution in [2.45, 2.75) is 30.3 Å². The van der Waals surface area contributed by atoms with Gasteiger partial charge in [-0.2, -0.15) is 13.2 Å². The number of halogens is 3. The molecule has 1 aromatic heterocycles. The number of nitrogens with one attached hydrogen (secondary N) is 2. The van der Waals surface area contributed by atoms with Gasteiger partial charge in [0.05, 0.1) is 5.56 Å². The van der Waals surface area contributed by atoms with Crippen LogP contribution < -0.4 is 10.6 Å². The van der Waals surface area contributed by atoms with Crippen molar-refractivity contribution in [3.63, 3.8) is 0 Å². The predicted octanol–water partition coefficient (Wildman–Crippen LogP) is 2.81. The lowest BCUT2D eigenvalue weighted by Gasteiger charge is -2.34. The molecule has 1 aliphatic heterocycles. The van der Waals surface area contributed by atoms with Crippen molar-refractivity contribution in [1.29, 1.82) is 0 Å². The maximum atomic E-state index is 12.5. The smallest absolute Gasteiger partial charge is 0.351 e. The zero-order valence-corrected chi connectivity index (χ0v) is 13.0. The molecule has 0 unspecified atom stereocenters. The largest absolute Gasteiger partial charge is 0.447 e. The first-order chi connectivity index (χ1) is 10.3. The number of rotatable bonds is 4. The third kappa shape index (κ3) is 4.88. The molecule has 22 heavy (non-hydrogen) atoms. The van der Waals surface area contributed by atoms with Gasteiger partial charge in [0.15, 0.2) is 0 Å². The molecule has 1 aliphatic rings. The molecule has 2 N–H and O–H groups in total. The summed E-state index contributed by atoms with van der Waals surface area (Å²) in [5.74, 6) is -0.514. The van der Waals surface area contributed by atoms with E-state index in [2.05, 4.69) is 22.5 Å². The maximum absolute atomic E-state index is 12.5. The van der Waals surface area contributed by atoms with E-state index in [9.17, 15) is 18.0 Å². The summed E-state index contributed by atoms with van der Waals surface area (Å²) in [6, 6.07) is 2.82. The van der Waals surface area contributed by atoms with Gasteiger partial charge in [0.25, 0.3) is 5.91 Å². The monoisotopic (exact) mass is 333 g/mol. The Bertz CT molecular complexity index is 530. The molecule has 0 radical (unpaired) electrons. The molecule has 4 nitrogen and oxygen atoms in total. The van der Waals surface area contributed by atoms with E-state index < -0.39 is 11.4 Å². The van der Waals surface area contributed by atoms with E-state index in [0.717, 1.165) is 25.9 Å². The number of hydrogen-bond acceptors (Lipinski definition) is 4. The minimum atomic E-state index is -4.47. The van der Waals surface area contributed by atoms with Crippen LogP contribution in [0, 0.1) is 5.41 Å². The molecule has 1 saturated heterocycles. The fraction of sp³-hybridized carbons (Fsp3) is 0.571. The molecule has 1 fully saturated rings. The average Bonchev–Trinajstić information content (AvgIpc) is 2.45. The lowest BCUT2D eigenvalue weighted by Crippen LogP contribution is -2.43. The summed E-state index contributed by atoms with van der Waals surface area (Å²) in [6.07, 6.45) is 3.09. The summed E-state index contributed by atoms with van der Waals surface area (Å²) in [5, 5.41) is 5.67. The SMILES string of the molecule is CC1(CNC(=O)c2cccnc2SC(F)(F)F)CCNCC1. The minimum absolute atomic E-state index is 0.0273. The van der Waals surface area contributed by atoms with Crippen LogP contribution >= 0.6 is 11.8 Å². The van der Waals surface area contributed by atoms with Crippen molar-refractivity contribution in [3.05, 3.63) is 23.9 Å². The van der Waals surface area contributed by atoms with Gasteiger partial charge in [0.2, 0.25) is 0 Å². The molecule has 0 atom stereocenters. The molecular formula is C14H18F3N3OS. The van der Waals surface area contributed by atoms with Gasteiger partial charge in [-0.1, -0.05) is 6.92 Å². The molecule has 0 saturated carbocycles. The zero-order valence-electron chi connectivity index (χ0n) is 12.2. The summed E-state index contributed by atoms with van der Waals surface area (Å²) >= 11 is -0.366. The fourth-order valence-corrected chi connectivity index (χ4v) is 2.95. The van der Waals surface area contributed by atoms with Crippen LogP contribution in [0.5, 0.6) is 0 Å². The summed E-state index contributed by atoms with van der Waals surface area (Å²) in [5.41, 5.74) is -4.53.